The molecule has 3 aromatic carbocycles. The fourth-order valence-electron chi connectivity index (χ4n) is 4.23. The van der Waals surface area contributed by atoms with E-state index in [0.29, 0.717) is 28.5 Å². The van der Waals surface area contributed by atoms with Gasteiger partial charge in [0.05, 0.1) is 24.8 Å². The Morgan fingerprint density at radius 1 is 0.952 bits per heavy atom. The van der Waals surface area contributed by atoms with Crippen LogP contribution in [0.15, 0.2) is 71.6 Å². The molecule has 0 aliphatic heterocycles. The van der Waals surface area contributed by atoms with Gasteiger partial charge in [-0.25, -0.2) is 8.42 Å². The zero-order chi connectivity index (χ0) is 31.0. The summed E-state index contributed by atoms with van der Waals surface area (Å²) in [5, 5.41) is 3.39. The number of ether oxygens (including phenoxy) is 2. The Bertz CT molecular complexity index is 1500. The van der Waals surface area contributed by atoms with Crippen molar-refractivity contribution in [3.63, 3.8) is 0 Å². The number of aryl methyl sites for hydroxylation is 1. The maximum atomic E-state index is 14.1. The van der Waals surface area contributed by atoms with E-state index in [0.717, 1.165) is 9.87 Å². The van der Waals surface area contributed by atoms with E-state index in [9.17, 15) is 18.0 Å². The minimum absolute atomic E-state index is 0.0136. The highest BCUT2D eigenvalue weighted by Crippen LogP contribution is 2.34. The topological polar surface area (TPSA) is 105 Å². The number of anilines is 1. The van der Waals surface area contributed by atoms with Gasteiger partial charge >= 0.3 is 0 Å². The largest absolute Gasteiger partial charge is 0.493 e. The molecule has 0 spiro atoms. The Hall–Kier alpha value is -3.76. The van der Waals surface area contributed by atoms with Crippen molar-refractivity contribution < 1.29 is 27.5 Å². The lowest BCUT2D eigenvalue weighted by atomic mass is 10.1. The molecule has 0 bridgehead atoms. The minimum Gasteiger partial charge on any atom is -0.493 e. The van der Waals surface area contributed by atoms with Crippen molar-refractivity contribution in [3.05, 3.63) is 82.9 Å². The number of carbonyl (C=O) groups is 2. The Kier molecular flexibility index (Phi) is 11.2. The zero-order valence-electron chi connectivity index (χ0n) is 24.8. The maximum Gasteiger partial charge on any atom is 0.264 e. The van der Waals surface area contributed by atoms with Crippen LogP contribution in [-0.4, -0.2) is 58.0 Å². The first-order valence-electron chi connectivity index (χ1n) is 13.6. The summed E-state index contributed by atoms with van der Waals surface area (Å²) in [6.45, 7) is 6.76. The van der Waals surface area contributed by atoms with Crippen molar-refractivity contribution in [1.29, 1.82) is 0 Å². The van der Waals surface area contributed by atoms with E-state index in [1.54, 1.807) is 55.5 Å². The molecule has 42 heavy (non-hydrogen) atoms. The Morgan fingerprint density at radius 3 is 2.21 bits per heavy atom. The summed E-state index contributed by atoms with van der Waals surface area (Å²) < 4.78 is 39.8. The Balaban J connectivity index is 2.09. The number of amides is 2. The van der Waals surface area contributed by atoms with E-state index >= 15 is 0 Å². The van der Waals surface area contributed by atoms with Crippen LogP contribution in [0.1, 0.15) is 38.3 Å². The van der Waals surface area contributed by atoms with Crippen molar-refractivity contribution in [2.75, 3.05) is 25.1 Å². The molecule has 0 aliphatic carbocycles. The second-order valence-electron chi connectivity index (χ2n) is 10.0. The predicted molar refractivity (Wildman–Crippen MR) is 165 cm³/mol. The number of hydrogen-bond donors (Lipinski definition) is 1. The van der Waals surface area contributed by atoms with E-state index in [2.05, 4.69) is 5.32 Å². The molecule has 1 N–H and O–H groups in total. The normalized spacial score (nSPS) is 12.6. The van der Waals surface area contributed by atoms with Gasteiger partial charge in [-0.15, -0.1) is 0 Å². The van der Waals surface area contributed by atoms with Crippen LogP contribution in [0.5, 0.6) is 11.5 Å². The van der Waals surface area contributed by atoms with Crippen LogP contribution in [0.3, 0.4) is 0 Å². The fraction of sp³-hybridized carbons (Fsp3) is 0.355. The molecule has 9 nitrogen and oxygen atoms in total. The molecule has 226 valence electrons. The first kappa shape index (κ1) is 32.8. The van der Waals surface area contributed by atoms with Crippen LogP contribution in [-0.2, 0) is 26.2 Å². The second kappa shape index (κ2) is 14.4. The minimum atomic E-state index is -4.22. The smallest absolute Gasteiger partial charge is 0.264 e. The fourth-order valence-corrected chi connectivity index (χ4v) is 5.85. The highest BCUT2D eigenvalue weighted by molar-refractivity contribution is 7.92. The van der Waals surface area contributed by atoms with Crippen LogP contribution in [0, 0.1) is 6.92 Å². The molecule has 3 aromatic rings. The molecular weight excluding hydrogens is 578 g/mol. The number of hydrogen-bond acceptors (Lipinski definition) is 6. The zero-order valence-corrected chi connectivity index (χ0v) is 26.3. The number of carbonyl (C=O) groups excluding carboxylic acids is 2. The molecule has 11 heteroatoms. The van der Waals surface area contributed by atoms with E-state index < -0.39 is 28.5 Å². The lowest BCUT2D eigenvalue weighted by Gasteiger charge is -2.32. The predicted octanol–water partition coefficient (Wildman–Crippen LogP) is 5.19. The van der Waals surface area contributed by atoms with Gasteiger partial charge in [0.15, 0.2) is 11.5 Å². The number of nitrogens with zero attached hydrogens (tertiary/aromatic N) is 2. The number of nitrogens with one attached hydrogen (secondary N) is 1. The van der Waals surface area contributed by atoms with Gasteiger partial charge in [-0.05, 0) is 69.2 Å². The lowest BCUT2D eigenvalue weighted by Crippen LogP contribution is -2.52. The van der Waals surface area contributed by atoms with Gasteiger partial charge in [0.1, 0.15) is 12.6 Å². The number of benzene rings is 3. The Morgan fingerprint density at radius 2 is 1.62 bits per heavy atom. The number of sulfonamides is 1. The number of methoxy groups -OCH3 is 2. The molecule has 0 aliphatic rings. The summed E-state index contributed by atoms with van der Waals surface area (Å²) in [7, 11) is -1.31. The third-order valence-corrected chi connectivity index (χ3v) is 8.98. The van der Waals surface area contributed by atoms with E-state index in [1.165, 1.54) is 37.3 Å². The summed E-state index contributed by atoms with van der Waals surface area (Å²) >= 11 is 6.20. The van der Waals surface area contributed by atoms with Crippen molar-refractivity contribution in [2.24, 2.45) is 0 Å². The van der Waals surface area contributed by atoms with Gasteiger partial charge in [-0.2, -0.15) is 0 Å². The van der Waals surface area contributed by atoms with Gasteiger partial charge in [0, 0.05) is 23.7 Å². The first-order chi connectivity index (χ1) is 19.9. The molecule has 0 saturated heterocycles. The average molecular weight is 616 g/mol. The first-order valence-corrected chi connectivity index (χ1v) is 15.4. The van der Waals surface area contributed by atoms with Crippen LogP contribution in [0.2, 0.25) is 5.02 Å². The van der Waals surface area contributed by atoms with Gasteiger partial charge in [-0.1, -0.05) is 48.4 Å². The average Bonchev–Trinajstić information content (AvgIpc) is 2.97. The molecule has 0 unspecified atom stereocenters. The molecule has 0 aromatic heterocycles. The summed E-state index contributed by atoms with van der Waals surface area (Å²) in [6.07, 6.45) is 0.711. The number of halogens is 1. The third-order valence-electron chi connectivity index (χ3n) is 6.95. The SMILES string of the molecule is CC[C@H](C)NC(=O)[C@@H](C)N(Cc1cccc(Cl)c1)C(=O)CN(c1ccc(OC)c(OC)c1)S(=O)(=O)c1ccc(C)cc1. The van der Waals surface area contributed by atoms with Crippen LogP contribution in [0.25, 0.3) is 0 Å². The van der Waals surface area contributed by atoms with Gasteiger partial charge in [-0.3, -0.25) is 13.9 Å². The molecule has 3 rings (SSSR count). The molecule has 0 radical (unpaired) electrons. The highest BCUT2D eigenvalue weighted by Gasteiger charge is 2.33. The summed E-state index contributed by atoms with van der Waals surface area (Å²) in [5.74, 6) is -0.229. The molecule has 2 atom stereocenters. The van der Waals surface area contributed by atoms with Crippen LogP contribution in [0.4, 0.5) is 5.69 Å². The van der Waals surface area contributed by atoms with E-state index in [1.807, 2.05) is 20.8 Å². The van der Waals surface area contributed by atoms with Gasteiger partial charge in [0.25, 0.3) is 10.0 Å². The van der Waals surface area contributed by atoms with Crippen molar-refractivity contribution in [1.82, 2.24) is 10.2 Å². The molecule has 0 saturated carbocycles. The summed E-state index contributed by atoms with van der Waals surface area (Å²) in [5.41, 5.74) is 1.77. The maximum absolute atomic E-state index is 14.1. The second-order valence-corrected chi connectivity index (χ2v) is 12.3. The van der Waals surface area contributed by atoms with Gasteiger partial charge < -0.3 is 19.7 Å². The van der Waals surface area contributed by atoms with Crippen molar-refractivity contribution >= 4 is 39.1 Å². The Labute approximate surface area is 253 Å². The standard InChI is InChI=1S/C31H38ClN3O6S/c1-7-22(3)33-31(37)23(4)34(19-24-9-8-10-25(32)17-24)30(36)20-35(26-13-16-28(40-5)29(18-26)41-6)42(38,39)27-14-11-21(2)12-15-27/h8-18,22-23H,7,19-20H2,1-6H3,(H,33,37)/t22-,23+/m0/s1. The monoisotopic (exact) mass is 615 g/mol. The van der Waals surface area contributed by atoms with E-state index in [4.69, 9.17) is 21.1 Å². The third kappa shape index (κ3) is 7.95. The van der Waals surface area contributed by atoms with Crippen LogP contribution >= 0.6 is 11.6 Å². The lowest BCUT2D eigenvalue weighted by molar-refractivity contribution is -0.139. The number of rotatable bonds is 13. The quantitative estimate of drug-likeness (QED) is 0.284. The molecular formula is C31H38ClN3O6S. The summed E-state index contributed by atoms with van der Waals surface area (Å²) in [4.78, 5) is 28.6. The highest BCUT2D eigenvalue weighted by atomic mass is 35.5. The summed E-state index contributed by atoms with van der Waals surface area (Å²) in [6, 6.07) is 16.9. The molecule has 0 fully saturated rings. The van der Waals surface area contributed by atoms with Crippen molar-refractivity contribution in [3.8, 4) is 11.5 Å². The molecule has 2 amide bonds. The van der Waals surface area contributed by atoms with Crippen molar-refractivity contribution in [2.45, 2.75) is 57.6 Å². The molecule has 0 heterocycles. The van der Waals surface area contributed by atoms with Crippen LogP contribution < -0.4 is 19.1 Å². The van der Waals surface area contributed by atoms with E-state index in [-0.39, 0.29) is 29.1 Å². The van der Waals surface area contributed by atoms with Gasteiger partial charge in [0.2, 0.25) is 11.8 Å².